The van der Waals surface area contributed by atoms with Crippen molar-refractivity contribution >= 4 is 83.3 Å². The summed E-state index contributed by atoms with van der Waals surface area (Å²) < 4.78 is 160. The van der Waals surface area contributed by atoms with Crippen LogP contribution >= 0.6 is 0 Å². The lowest BCUT2D eigenvalue weighted by molar-refractivity contribution is 0.468. The predicted octanol–water partition coefficient (Wildman–Crippen LogP) is 5.88. The summed E-state index contributed by atoms with van der Waals surface area (Å²) in [5.41, 5.74) is 2.16. The van der Waals surface area contributed by atoms with Crippen LogP contribution in [-0.2, 0) is 61.2 Å². The fourth-order valence-electron chi connectivity index (χ4n) is 9.35. The molecule has 0 radical (unpaired) electrons. The van der Waals surface area contributed by atoms with E-state index in [1.807, 2.05) is 55.2 Å². The third-order valence-electron chi connectivity index (χ3n) is 12.1. The van der Waals surface area contributed by atoms with Crippen LogP contribution in [0.15, 0.2) is 93.2 Å². The molecule has 1 unspecified atom stereocenters. The summed E-state index contributed by atoms with van der Waals surface area (Å²) in [6.07, 6.45) is 8.59. The van der Waals surface area contributed by atoms with E-state index in [0.717, 1.165) is 53.7 Å². The maximum absolute atomic E-state index is 13.7. The summed E-state index contributed by atoms with van der Waals surface area (Å²) in [5, 5.41) is 1.55. The second-order valence-electron chi connectivity index (χ2n) is 17.4. The molecule has 356 valence electrons. The number of anilines is 2. The van der Waals surface area contributed by atoms with E-state index < -0.39 is 95.1 Å². The first-order valence-corrected chi connectivity index (χ1v) is 28.7. The zero-order valence-electron chi connectivity index (χ0n) is 36.9. The Morgan fingerprint density at radius 1 is 0.662 bits per heavy atom. The van der Waals surface area contributed by atoms with E-state index in [-0.39, 0.29) is 35.2 Å². The molecular weight excluding hydrogens is 941 g/mol. The molecule has 0 spiro atoms. The minimum atomic E-state index is -5.03. The lowest BCUT2D eigenvalue weighted by Gasteiger charge is -2.32. The van der Waals surface area contributed by atoms with Gasteiger partial charge in [-0.3, -0.25) is 13.7 Å². The van der Waals surface area contributed by atoms with Gasteiger partial charge in [-0.1, -0.05) is 90.8 Å². The van der Waals surface area contributed by atoms with Gasteiger partial charge >= 0.3 is 0 Å². The molecule has 0 bridgehead atoms. The SMILES string of the molecule is CCCCCN1/C(=C/C=C/C2N(CCCS(=O)(=O)O)c3ccc4c(S(=O)(=O)NCCS(=O)(=O)O)cc(S(=O)(=O)O)cc4c3C2(C)C)C(C)(C)c2c1ccc1c(S(=O)(=O)NCC)cccc21. The minimum Gasteiger partial charge on any atom is -0.364 e. The number of sulfonamides is 2. The van der Waals surface area contributed by atoms with Crippen LogP contribution in [0.1, 0.15) is 78.4 Å². The van der Waals surface area contributed by atoms with Gasteiger partial charge in [0.05, 0.1) is 32.2 Å². The monoisotopic (exact) mass is 996 g/mol. The predicted molar refractivity (Wildman–Crippen MR) is 252 cm³/mol. The van der Waals surface area contributed by atoms with Gasteiger partial charge in [-0.05, 0) is 71.1 Å². The number of hydrogen-bond donors (Lipinski definition) is 5. The molecule has 0 aromatic heterocycles. The summed E-state index contributed by atoms with van der Waals surface area (Å²) >= 11 is 0. The molecule has 17 nitrogen and oxygen atoms in total. The molecule has 0 fully saturated rings. The first kappa shape index (κ1) is 50.4. The molecule has 0 aliphatic carbocycles. The number of nitrogens with zero attached hydrogens (tertiary/aromatic N) is 2. The Balaban J connectivity index is 1.51. The number of allylic oxidation sites excluding steroid dienone is 3. The van der Waals surface area contributed by atoms with Gasteiger partial charge in [-0.15, -0.1) is 0 Å². The van der Waals surface area contributed by atoms with Gasteiger partial charge in [-0.25, -0.2) is 26.3 Å². The average Bonchev–Trinajstić information content (AvgIpc) is 3.54. The largest absolute Gasteiger partial charge is 0.364 e. The lowest BCUT2D eigenvalue weighted by atomic mass is 9.78. The highest BCUT2D eigenvalue weighted by Crippen LogP contribution is 2.53. The zero-order valence-corrected chi connectivity index (χ0v) is 41.0. The Hall–Kier alpha value is -3.97. The van der Waals surface area contributed by atoms with Gasteiger partial charge in [0.25, 0.3) is 30.4 Å². The molecule has 0 saturated heterocycles. The third kappa shape index (κ3) is 10.3. The van der Waals surface area contributed by atoms with Crippen LogP contribution in [0, 0.1) is 0 Å². The van der Waals surface area contributed by atoms with Gasteiger partial charge in [0.2, 0.25) is 20.0 Å². The van der Waals surface area contributed by atoms with Crippen molar-refractivity contribution < 1.29 is 55.7 Å². The fraction of sp³-hybridized carbons (Fsp3) is 0.442. The molecule has 2 aliphatic heterocycles. The lowest BCUT2D eigenvalue weighted by Crippen LogP contribution is -2.41. The Kier molecular flexibility index (Phi) is 14.2. The number of rotatable bonds is 19. The Morgan fingerprint density at radius 3 is 1.91 bits per heavy atom. The van der Waals surface area contributed by atoms with Gasteiger partial charge < -0.3 is 9.80 Å². The van der Waals surface area contributed by atoms with Crippen molar-refractivity contribution in [2.75, 3.05) is 47.5 Å². The molecule has 4 aromatic rings. The molecule has 2 aliphatic rings. The van der Waals surface area contributed by atoms with Crippen molar-refractivity contribution in [2.45, 2.75) is 98.8 Å². The molecule has 1 atom stereocenters. The summed E-state index contributed by atoms with van der Waals surface area (Å²) in [6.45, 7) is 11.9. The summed E-state index contributed by atoms with van der Waals surface area (Å²) in [6, 6.07) is 13.4. The van der Waals surface area contributed by atoms with E-state index in [0.29, 0.717) is 23.2 Å². The molecule has 5 N–H and O–H groups in total. The van der Waals surface area contributed by atoms with Crippen molar-refractivity contribution in [3.8, 4) is 0 Å². The standard InChI is InChI=1S/C43H56N4O13S5/c1-7-9-10-23-46-34-20-18-30-32(14-11-15-36(30)63(54,55)44-8-2)40(34)42(3,4)38(46)16-12-17-39-43(5,6)41-33-27-29(65(58,59)60)28-37(64(56,57)45-22-26-62(51,52)53)31(33)19-21-35(41)47(39)24-13-25-61(48,49)50/h11-12,14-21,27-28,39,44-45H,7-10,13,22-26H2,1-6H3,(H,48,49,50)(H,51,52,53)(H,58,59,60)/b17-12+,38-16+. The highest BCUT2D eigenvalue weighted by atomic mass is 32.2. The molecule has 2 heterocycles. The van der Waals surface area contributed by atoms with Crippen LogP contribution in [0.4, 0.5) is 11.4 Å². The van der Waals surface area contributed by atoms with Crippen LogP contribution in [0.25, 0.3) is 21.5 Å². The van der Waals surface area contributed by atoms with E-state index in [9.17, 15) is 55.7 Å². The molecule has 65 heavy (non-hydrogen) atoms. The highest BCUT2D eigenvalue weighted by molar-refractivity contribution is 7.90. The van der Waals surface area contributed by atoms with Crippen molar-refractivity contribution in [1.82, 2.24) is 9.44 Å². The van der Waals surface area contributed by atoms with Crippen molar-refractivity contribution in [3.63, 3.8) is 0 Å². The topological polar surface area (TPSA) is 262 Å². The van der Waals surface area contributed by atoms with Gasteiger partial charge in [-0.2, -0.15) is 25.3 Å². The smallest absolute Gasteiger partial charge is 0.294 e. The zero-order chi connectivity index (χ0) is 48.1. The first-order chi connectivity index (χ1) is 30.1. The van der Waals surface area contributed by atoms with E-state index in [1.54, 1.807) is 25.1 Å². The molecule has 4 aromatic carbocycles. The molecule has 22 heteroatoms. The van der Waals surface area contributed by atoms with Crippen LogP contribution in [0.5, 0.6) is 0 Å². The highest BCUT2D eigenvalue weighted by Gasteiger charge is 2.46. The second-order valence-corrected chi connectivity index (χ2v) is 25.4. The maximum Gasteiger partial charge on any atom is 0.294 e. The Bertz CT molecular complexity index is 3170. The summed E-state index contributed by atoms with van der Waals surface area (Å²) in [7, 11) is -22.4. The Morgan fingerprint density at radius 2 is 1.29 bits per heavy atom. The van der Waals surface area contributed by atoms with Gasteiger partial charge in [0.15, 0.2) is 0 Å². The number of nitrogens with one attached hydrogen (secondary N) is 2. The number of unbranched alkanes of at least 4 members (excludes halogenated alkanes) is 2. The van der Waals surface area contributed by atoms with Crippen LogP contribution in [0.3, 0.4) is 0 Å². The molecule has 0 amide bonds. The number of hydrogen-bond acceptors (Lipinski definition) is 12. The van der Waals surface area contributed by atoms with E-state index >= 15 is 0 Å². The third-order valence-corrected chi connectivity index (χ3v) is 17.6. The van der Waals surface area contributed by atoms with Crippen molar-refractivity contribution in [1.29, 1.82) is 0 Å². The Labute approximate surface area is 382 Å². The van der Waals surface area contributed by atoms with Crippen molar-refractivity contribution in [3.05, 3.63) is 89.6 Å². The van der Waals surface area contributed by atoms with E-state index in [4.69, 9.17) is 0 Å². The first-order valence-electron chi connectivity index (χ1n) is 21.0. The quantitative estimate of drug-likeness (QED) is 0.0543. The number of fused-ring (bicyclic) bond motifs is 6. The van der Waals surface area contributed by atoms with Gasteiger partial charge in [0, 0.05) is 64.9 Å². The van der Waals surface area contributed by atoms with Crippen molar-refractivity contribution in [2.24, 2.45) is 0 Å². The fourth-order valence-corrected chi connectivity index (χ4v) is 13.5. The maximum atomic E-state index is 13.7. The molecule has 0 saturated carbocycles. The summed E-state index contributed by atoms with van der Waals surface area (Å²) in [4.78, 5) is 2.98. The van der Waals surface area contributed by atoms with Crippen LogP contribution in [0.2, 0.25) is 0 Å². The minimum absolute atomic E-state index is 0.0215. The van der Waals surface area contributed by atoms with Crippen LogP contribution < -0.4 is 19.2 Å². The average molecular weight is 997 g/mol. The van der Waals surface area contributed by atoms with Gasteiger partial charge in [0.1, 0.15) is 0 Å². The normalized spacial score (nSPS) is 18.4. The second kappa shape index (κ2) is 18.3. The van der Waals surface area contributed by atoms with E-state index in [2.05, 4.69) is 35.1 Å². The van der Waals surface area contributed by atoms with Crippen LogP contribution in [-0.4, -0.2) is 99.5 Å². The molecular formula is C43H56N4O13S5. The summed E-state index contributed by atoms with van der Waals surface area (Å²) in [5.74, 6) is -1.53. The number of benzene rings is 4. The molecule has 6 rings (SSSR count). The van der Waals surface area contributed by atoms with E-state index in [1.165, 1.54) is 6.07 Å².